The third kappa shape index (κ3) is 4.75. The first-order chi connectivity index (χ1) is 11.0. The summed E-state index contributed by atoms with van der Waals surface area (Å²) in [7, 11) is 0. The minimum atomic E-state index is -4.35. The van der Waals surface area contributed by atoms with Crippen molar-refractivity contribution < 1.29 is 22.3 Å². The highest BCUT2D eigenvalue weighted by Gasteiger charge is 2.30. The molecule has 2 heterocycles. The van der Waals surface area contributed by atoms with Crippen LogP contribution in [0.2, 0.25) is 0 Å². The lowest BCUT2D eigenvalue weighted by Crippen LogP contribution is -2.25. The third-order valence-electron chi connectivity index (χ3n) is 3.83. The van der Waals surface area contributed by atoms with Crippen LogP contribution in [0.25, 0.3) is 11.3 Å². The van der Waals surface area contributed by atoms with Gasteiger partial charge >= 0.3 is 6.18 Å². The second-order valence-corrected chi connectivity index (χ2v) is 5.61. The zero-order chi connectivity index (χ0) is 16.3. The molecule has 132 valence electrons. The van der Waals surface area contributed by atoms with E-state index in [1.54, 1.807) is 18.2 Å². The molecule has 1 N–H and O–H groups in total. The number of hydrogen-bond donors (Lipinski definition) is 1. The summed E-state index contributed by atoms with van der Waals surface area (Å²) in [4.78, 5) is 0. The highest BCUT2D eigenvalue weighted by atomic mass is 35.5. The van der Waals surface area contributed by atoms with Gasteiger partial charge in [-0.3, -0.25) is 0 Å². The lowest BCUT2D eigenvalue weighted by molar-refractivity contribution is -0.137. The van der Waals surface area contributed by atoms with Gasteiger partial charge in [-0.15, -0.1) is 12.4 Å². The molecule has 0 amide bonds. The molecule has 24 heavy (non-hydrogen) atoms. The Morgan fingerprint density at radius 1 is 1.17 bits per heavy atom. The quantitative estimate of drug-likeness (QED) is 0.841. The van der Waals surface area contributed by atoms with Gasteiger partial charge in [-0.1, -0.05) is 12.1 Å². The van der Waals surface area contributed by atoms with Gasteiger partial charge in [0, 0.05) is 18.7 Å². The van der Waals surface area contributed by atoms with Crippen molar-refractivity contribution in [1.29, 1.82) is 0 Å². The number of alkyl halides is 3. The van der Waals surface area contributed by atoms with Gasteiger partial charge in [0.1, 0.15) is 11.5 Å². The van der Waals surface area contributed by atoms with Crippen LogP contribution in [0, 0.1) is 0 Å². The molecule has 2 aromatic rings. The van der Waals surface area contributed by atoms with E-state index in [-0.39, 0.29) is 18.5 Å². The van der Waals surface area contributed by atoms with E-state index >= 15 is 0 Å². The van der Waals surface area contributed by atoms with Crippen molar-refractivity contribution in [2.45, 2.75) is 31.7 Å². The lowest BCUT2D eigenvalue weighted by Gasteiger charge is -2.09. The second kappa shape index (κ2) is 8.05. The van der Waals surface area contributed by atoms with Crippen LogP contribution in [0.15, 0.2) is 40.8 Å². The molecular formula is C17H19ClF3NO2. The fourth-order valence-electron chi connectivity index (χ4n) is 2.64. The van der Waals surface area contributed by atoms with E-state index in [0.717, 1.165) is 38.1 Å². The molecule has 3 nitrogen and oxygen atoms in total. The molecule has 1 fully saturated rings. The van der Waals surface area contributed by atoms with Gasteiger partial charge in [0.15, 0.2) is 0 Å². The van der Waals surface area contributed by atoms with Crippen molar-refractivity contribution in [2.75, 3.05) is 13.2 Å². The minimum Gasteiger partial charge on any atom is -0.460 e. The van der Waals surface area contributed by atoms with Crippen LogP contribution in [0.4, 0.5) is 13.2 Å². The SMILES string of the molecule is Cl.FC(F)(F)c1cccc(-c2ccc(CNCC3CCCO3)o2)c1. The van der Waals surface area contributed by atoms with Crippen LogP contribution >= 0.6 is 12.4 Å². The Labute approximate surface area is 144 Å². The molecule has 1 aliphatic rings. The predicted octanol–water partition coefficient (Wildman–Crippen LogP) is 4.66. The number of furan rings is 1. The molecule has 0 radical (unpaired) electrons. The summed E-state index contributed by atoms with van der Waals surface area (Å²) in [6.45, 7) is 2.09. The lowest BCUT2D eigenvalue weighted by atomic mass is 10.1. The molecule has 1 aromatic heterocycles. The maximum absolute atomic E-state index is 12.8. The molecule has 0 spiro atoms. The van der Waals surface area contributed by atoms with Crippen molar-refractivity contribution in [3.8, 4) is 11.3 Å². The number of hydrogen-bond acceptors (Lipinski definition) is 3. The molecule has 1 saturated heterocycles. The summed E-state index contributed by atoms with van der Waals surface area (Å²) < 4.78 is 49.4. The van der Waals surface area contributed by atoms with E-state index in [1.165, 1.54) is 6.07 Å². The molecule has 1 unspecified atom stereocenters. The highest BCUT2D eigenvalue weighted by molar-refractivity contribution is 5.85. The number of benzene rings is 1. The number of nitrogens with one attached hydrogen (secondary N) is 1. The molecule has 1 aliphatic heterocycles. The van der Waals surface area contributed by atoms with Crippen LogP contribution in [0.3, 0.4) is 0 Å². The number of ether oxygens (including phenoxy) is 1. The van der Waals surface area contributed by atoms with Crippen LogP contribution in [-0.4, -0.2) is 19.3 Å². The largest absolute Gasteiger partial charge is 0.460 e. The van der Waals surface area contributed by atoms with Crippen LogP contribution in [-0.2, 0) is 17.5 Å². The smallest absolute Gasteiger partial charge is 0.416 e. The molecule has 0 aliphatic carbocycles. The van der Waals surface area contributed by atoms with Crippen molar-refractivity contribution in [1.82, 2.24) is 5.32 Å². The van der Waals surface area contributed by atoms with E-state index in [0.29, 0.717) is 23.6 Å². The van der Waals surface area contributed by atoms with Crippen LogP contribution < -0.4 is 5.32 Å². The Kier molecular flexibility index (Phi) is 6.32. The highest BCUT2D eigenvalue weighted by Crippen LogP contribution is 2.32. The first-order valence-electron chi connectivity index (χ1n) is 7.61. The van der Waals surface area contributed by atoms with Gasteiger partial charge in [-0.25, -0.2) is 0 Å². The number of rotatable bonds is 5. The van der Waals surface area contributed by atoms with Crippen molar-refractivity contribution in [2.24, 2.45) is 0 Å². The maximum atomic E-state index is 12.8. The topological polar surface area (TPSA) is 34.4 Å². The zero-order valence-electron chi connectivity index (χ0n) is 12.9. The fourth-order valence-corrected chi connectivity index (χ4v) is 2.64. The molecule has 1 atom stereocenters. The monoisotopic (exact) mass is 361 g/mol. The van der Waals surface area contributed by atoms with Crippen molar-refractivity contribution >= 4 is 12.4 Å². The Balaban J connectivity index is 0.00000208. The van der Waals surface area contributed by atoms with E-state index in [9.17, 15) is 13.2 Å². The predicted molar refractivity (Wildman–Crippen MR) is 87.1 cm³/mol. The van der Waals surface area contributed by atoms with Crippen LogP contribution in [0.5, 0.6) is 0 Å². The normalized spacial score (nSPS) is 17.7. The molecule has 0 bridgehead atoms. The molecular weight excluding hydrogens is 343 g/mol. The van der Waals surface area contributed by atoms with Gasteiger partial charge in [0.05, 0.1) is 18.2 Å². The van der Waals surface area contributed by atoms with Gasteiger partial charge in [0.25, 0.3) is 0 Å². The minimum absolute atomic E-state index is 0. The molecule has 7 heteroatoms. The fraction of sp³-hybridized carbons (Fsp3) is 0.412. The number of halogens is 4. The van der Waals surface area contributed by atoms with E-state index in [4.69, 9.17) is 9.15 Å². The first-order valence-corrected chi connectivity index (χ1v) is 7.61. The Morgan fingerprint density at radius 3 is 2.71 bits per heavy atom. The summed E-state index contributed by atoms with van der Waals surface area (Å²) in [5.74, 6) is 1.13. The third-order valence-corrected chi connectivity index (χ3v) is 3.83. The molecule has 1 aromatic carbocycles. The summed E-state index contributed by atoms with van der Waals surface area (Å²) in [6, 6.07) is 8.61. The summed E-state index contributed by atoms with van der Waals surface area (Å²) in [5.41, 5.74) is -0.255. The molecule has 0 saturated carbocycles. The van der Waals surface area contributed by atoms with Crippen molar-refractivity contribution in [3.63, 3.8) is 0 Å². The average molecular weight is 362 g/mol. The van der Waals surface area contributed by atoms with E-state index < -0.39 is 11.7 Å². The van der Waals surface area contributed by atoms with Gasteiger partial charge in [0.2, 0.25) is 0 Å². The summed E-state index contributed by atoms with van der Waals surface area (Å²) >= 11 is 0. The summed E-state index contributed by atoms with van der Waals surface area (Å²) in [6.07, 6.45) is -1.96. The van der Waals surface area contributed by atoms with Gasteiger partial charge in [-0.2, -0.15) is 13.2 Å². The second-order valence-electron chi connectivity index (χ2n) is 5.61. The Hall–Kier alpha value is -1.50. The maximum Gasteiger partial charge on any atom is 0.416 e. The van der Waals surface area contributed by atoms with Crippen molar-refractivity contribution in [3.05, 3.63) is 47.7 Å². The van der Waals surface area contributed by atoms with Gasteiger partial charge < -0.3 is 14.5 Å². The summed E-state index contributed by atoms with van der Waals surface area (Å²) in [5, 5.41) is 3.25. The van der Waals surface area contributed by atoms with Gasteiger partial charge in [-0.05, 0) is 37.1 Å². The first kappa shape index (κ1) is 18.8. The molecule has 3 rings (SSSR count). The zero-order valence-corrected chi connectivity index (χ0v) is 13.8. The van der Waals surface area contributed by atoms with E-state index in [1.807, 2.05) is 0 Å². The van der Waals surface area contributed by atoms with Crippen LogP contribution in [0.1, 0.15) is 24.2 Å². The standard InChI is InChI=1S/C17H18F3NO2.ClH/c18-17(19,20)13-4-1-3-12(9-13)16-7-6-15(23-16)11-21-10-14-5-2-8-22-14;/h1,3-4,6-7,9,14,21H,2,5,8,10-11H2;1H. The Bertz CT molecular complexity index is 651. The average Bonchev–Trinajstić information content (AvgIpc) is 3.18. The van der Waals surface area contributed by atoms with E-state index in [2.05, 4.69) is 5.32 Å². The Morgan fingerprint density at radius 2 is 2.00 bits per heavy atom.